The van der Waals surface area contributed by atoms with E-state index in [-0.39, 0.29) is 6.10 Å². The van der Waals surface area contributed by atoms with Gasteiger partial charge in [0.1, 0.15) is 0 Å². The van der Waals surface area contributed by atoms with E-state index in [9.17, 15) is 5.11 Å². The molecular weight excluding hydrogens is 228 g/mol. The number of hydrogen-bond donors (Lipinski definition) is 2. The first kappa shape index (κ1) is 11.9. The fourth-order valence-electron chi connectivity index (χ4n) is 3.25. The second kappa shape index (κ2) is 4.82. The van der Waals surface area contributed by atoms with Crippen LogP contribution in [0.5, 0.6) is 0 Å². The Bertz CT molecular complexity index is 394. The predicted octanol–water partition coefficient (Wildman–Crippen LogP) is 0.688. The Morgan fingerprint density at radius 2 is 1.89 bits per heavy atom. The second-order valence-electron chi connectivity index (χ2n) is 5.34. The summed E-state index contributed by atoms with van der Waals surface area (Å²) in [7, 11) is 1.92. The summed E-state index contributed by atoms with van der Waals surface area (Å²) in [5.41, 5.74) is 1.10. The van der Waals surface area contributed by atoms with Crippen LogP contribution in [0.2, 0.25) is 0 Å². The van der Waals surface area contributed by atoms with Crippen molar-refractivity contribution in [2.24, 2.45) is 0 Å². The zero-order valence-corrected chi connectivity index (χ0v) is 10.7. The van der Waals surface area contributed by atoms with Gasteiger partial charge in [-0.2, -0.15) is 0 Å². The van der Waals surface area contributed by atoms with Gasteiger partial charge in [0, 0.05) is 36.6 Å². The Morgan fingerprint density at radius 1 is 1.28 bits per heavy atom. The van der Waals surface area contributed by atoms with Gasteiger partial charge in [0.15, 0.2) is 0 Å². The minimum absolute atomic E-state index is 0.137. The highest BCUT2D eigenvalue weighted by Crippen LogP contribution is 2.37. The summed E-state index contributed by atoms with van der Waals surface area (Å²) in [6.45, 7) is 0.797. The van der Waals surface area contributed by atoms with Gasteiger partial charge in [-0.3, -0.25) is 0 Å². The molecule has 2 unspecified atom stereocenters. The Morgan fingerprint density at radius 3 is 2.44 bits per heavy atom. The van der Waals surface area contributed by atoms with Crippen molar-refractivity contribution in [1.82, 2.24) is 15.3 Å². The molecule has 2 atom stereocenters. The molecule has 1 aromatic rings. The van der Waals surface area contributed by atoms with E-state index in [1.807, 2.05) is 19.4 Å². The van der Waals surface area contributed by atoms with Crippen LogP contribution < -0.4 is 10.2 Å². The highest BCUT2D eigenvalue weighted by atomic mass is 16.3. The Labute approximate surface area is 107 Å². The molecule has 2 aliphatic heterocycles. The molecule has 0 aromatic carbocycles. The number of hydrogen-bond acceptors (Lipinski definition) is 5. The average molecular weight is 248 g/mol. The molecule has 2 fully saturated rings. The van der Waals surface area contributed by atoms with Crippen LogP contribution in [0.15, 0.2) is 12.4 Å². The molecule has 3 heterocycles. The molecule has 0 radical (unpaired) electrons. The molecule has 0 aliphatic carbocycles. The molecule has 1 aromatic heterocycles. The summed E-state index contributed by atoms with van der Waals surface area (Å²) in [6, 6.07) is 0.850. The van der Waals surface area contributed by atoms with Crippen molar-refractivity contribution in [3.63, 3.8) is 0 Å². The van der Waals surface area contributed by atoms with Crippen molar-refractivity contribution in [2.45, 2.75) is 50.4 Å². The van der Waals surface area contributed by atoms with Gasteiger partial charge in [-0.25, -0.2) is 9.97 Å². The summed E-state index contributed by atoms with van der Waals surface area (Å²) in [4.78, 5) is 11.3. The molecule has 2 saturated heterocycles. The fraction of sp³-hybridized carbons (Fsp3) is 0.692. The third-order valence-electron chi connectivity index (χ3n) is 4.01. The average Bonchev–Trinajstić information content (AvgIpc) is 2.64. The molecular formula is C13H20N4O. The first-order valence-corrected chi connectivity index (χ1v) is 6.70. The SMILES string of the molecule is CNCc1cnc(N2C3CCC2CC(O)C3)nc1. The van der Waals surface area contributed by atoms with E-state index < -0.39 is 0 Å². The van der Waals surface area contributed by atoms with Gasteiger partial charge in [0.25, 0.3) is 0 Å². The van der Waals surface area contributed by atoms with Crippen molar-refractivity contribution < 1.29 is 5.11 Å². The maximum Gasteiger partial charge on any atom is 0.225 e. The lowest BCUT2D eigenvalue weighted by Gasteiger charge is -2.37. The summed E-state index contributed by atoms with van der Waals surface area (Å²) in [5, 5.41) is 12.9. The van der Waals surface area contributed by atoms with E-state index >= 15 is 0 Å². The molecule has 18 heavy (non-hydrogen) atoms. The molecule has 2 bridgehead atoms. The molecule has 98 valence electrons. The highest BCUT2D eigenvalue weighted by molar-refractivity contribution is 5.37. The van der Waals surface area contributed by atoms with Gasteiger partial charge >= 0.3 is 0 Å². The number of fused-ring (bicyclic) bond motifs is 2. The summed E-state index contributed by atoms with van der Waals surface area (Å²) < 4.78 is 0. The van der Waals surface area contributed by atoms with E-state index in [1.165, 1.54) is 0 Å². The van der Waals surface area contributed by atoms with Crippen LogP contribution in [-0.4, -0.2) is 40.3 Å². The third kappa shape index (κ3) is 2.08. The van der Waals surface area contributed by atoms with Crippen LogP contribution >= 0.6 is 0 Å². The van der Waals surface area contributed by atoms with Crippen LogP contribution in [0.25, 0.3) is 0 Å². The molecule has 5 heteroatoms. The van der Waals surface area contributed by atoms with Crippen molar-refractivity contribution in [3.05, 3.63) is 18.0 Å². The van der Waals surface area contributed by atoms with Gasteiger partial charge in [0.2, 0.25) is 5.95 Å². The Hall–Kier alpha value is -1.20. The van der Waals surface area contributed by atoms with Crippen LogP contribution in [0.3, 0.4) is 0 Å². The zero-order valence-electron chi connectivity index (χ0n) is 10.7. The maximum atomic E-state index is 9.79. The Balaban J connectivity index is 1.78. The van der Waals surface area contributed by atoms with E-state index in [2.05, 4.69) is 20.2 Å². The Kier molecular flexibility index (Phi) is 3.18. The van der Waals surface area contributed by atoms with Crippen molar-refractivity contribution in [2.75, 3.05) is 11.9 Å². The van der Waals surface area contributed by atoms with E-state index in [0.29, 0.717) is 12.1 Å². The van der Waals surface area contributed by atoms with Gasteiger partial charge in [0.05, 0.1) is 6.10 Å². The molecule has 2 aliphatic rings. The lowest BCUT2D eigenvalue weighted by molar-refractivity contribution is 0.125. The zero-order chi connectivity index (χ0) is 12.5. The molecule has 2 N–H and O–H groups in total. The summed E-state index contributed by atoms with van der Waals surface area (Å²) in [5.74, 6) is 0.828. The molecule has 0 saturated carbocycles. The molecule has 0 spiro atoms. The number of aromatic nitrogens is 2. The minimum Gasteiger partial charge on any atom is -0.393 e. The predicted molar refractivity (Wildman–Crippen MR) is 69.3 cm³/mol. The lowest BCUT2D eigenvalue weighted by Crippen LogP contribution is -2.45. The topological polar surface area (TPSA) is 61.3 Å². The summed E-state index contributed by atoms with van der Waals surface area (Å²) in [6.07, 6.45) is 7.68. The maximum absolute atomic E-state index is 9.79. The van der Waals surface area contributed by atoms with Crippen LogP contribution in [0.4, 0.5) is 5.95 Å². The standard InChI is InChI=1S/C13H20N4O/c1-14-6-9-7-15-13(16-8-9)17-10-2-3-11(17)5-12(18)4-10/h7-8,10-12,14,18H,2-6H2,1H3. The third-order valence-corrected chi connectivity index (χ3v) is 4.01. The van der Waals surface area contributed by atoms with Gasteiger partial charge in [-0.15, -0.1) is 0 Å². The minimum atomic E-state index is -0.137. The number of aliphatic hydroxyl groups is 1. The van der Waals surface area contributed by atoms with Crippen LogP contribution in [-0.2, 0) is 6.54 Å². The quantitative estimate of drug-likeness (QED) is 0.824. The molecule has 3 rings (SSSR count). The first-order valence-electron chi connectivity index (χ1n) is 6.70. The number of nitrogens with zero attached hydrogens (tertiary/aromatic N) is 3. The monoisotopic (exact) mass is 248 g/mol. The highest BCUT2D eigenvalue weighted by Gasteiger charge is 2.41. The molecule has 0 amide bonds. The number of rotatable bonds is 3. The van der Waals surface area contributed by atoms with E-state index in [4.69, 9.17) is 0 Å². The van der Waals surface area contributed by atoms with E-state index in [0.717, 1.165) is 43.7 Å². The van der Waals surface area contributed by atoms with Crippen LogP contribution in [0.1, 0.15) is 31.2 Å². The fourth-order valence-corrected chi connectivity index (χ4v) is 3.25. The van der Waals surface area contributed by atoms with Crippen molar-refractivity contribution in [3.8, 4) is 0 Å². The largest absolute Gasteiger partial charge is 0.393 e. The van der Waals surface area contributed by atoms with Crippen molar-refractivity contribution in [1.29, 1.82) is 0 Å². The normalized spacial score (nSPS) is 30.8. The van der Waals surface area contributed by atoms with Gasteiger partial charge in [-0.05, 0) is 32.7 Å². The van der Waals surface area contributed by atoms with E-state index in [1.54, 1.807) is 0 Å². The van der Waals surface area contributed by atoms with Gasteiger partial charge in [-0.1, -0.05) is 0 Å². The first-order chi connectivity index (χ1) is 8.78. The number of aliphatic hydroxyl groups excluding tert-OH is 1. The van der Waals surface area contributed by atoms with Crippen LogP contribution in [0, 0.1) is 0 Å². The number of nitrogens with one attached hydrogen (secondary N) is 1. The smallest absolute Gasteiger partial charge is 0.225 e. The van der Waals surface area contributed by atoms with Crippen molar-refractivity contribution >= 4 is 5.95 Å². The number of piperidine rings is 1. The second-order valence-corrected chi connectivity index (χ2v) is 5.34. The molecule has 5 nitrogen and oxygen atoms in total. The number of anilines is 1. The van der Waals surface area contributed by atoms with Gasteiger partial charge < -0.3 is 15.3 Å². The lowest BCUT2D eigenvalue weighted by atomic mass is 10.0. The summed E-state index contributed by atoms with van der Waals surface area (Å²) >= 11 is 0.